The molecule has 0 saturated carbocycles. The third-order valence-electron chi connectivity index (χ3n) is 4.60. The molecule has 2 N–H and O–H groups in total. The minimum absolute atomic E-state index is 0.0310. The van der Waals surface area contributed by atoms with E-state index in [9.17, 15) is 24.5 Å². The van der Waals surface area contributed by atoms with Crippen LogP contribution < -0.4 is 10.6 Å². The van der Waals surface area contributed by atoms with Gasteiger partial charge in [0.15, 0.2) is 6.10 Å². The summed E-state index contributed by atoms with van der Waals surface area (Å²) in [4.78, 5) is 47.7. The summed E-state index contributed by atoms with van der Waals surface area (Å²) in [5, 5.41) is 15.9. The first-order valence-electron chi connectivity index (χ1n) is 9.82. The number of carbonyl (C=O) groups is 3. The molecule has 2 atom stereocenters. The average Bonchev–Trinajstić information content (AvgIpc) is 2.73. The van der Waals surface area contributed by atoms with Gasteiger partial charge >= 0.3 is 5.97 Å². The highest BCUT2D eigenvalue weighted by Gasteiger charge is 2.29. The van der Waals surface area contributed by atoms with Crippen molar-refractivity contribution in [2.24, 2.45) is 5.92 Å². The lowest BCUT2D eigenvalue weighted by atomic mass is 10.0. The zero-order valence-corrected chi connectivity index (χ0v) is 18.8. The fourth-order valence-electron chi connectivity index (χ4n) is 2.68. The molecule has 10 heteroatoms. The van der Waals surface area contributed by atoms with E-state index >= 15 is 0 Å². The number of hydrogen-bond acceptors (Lipinski definition) is 6. The molecule has 2 aromatic rings. The van der Waals surface area contributed by atoms with Gasteiger partial charge in [0.1, 0.15) is 6.04 Å². The van der Waals surface area contributed by atoms with E-state index in [4.69, 9.17) is 16.3 Å². The largest absolute Gasteiger partial charge is 0.451 e. The van der Waals surface area contributed by atoms with Crippen molar-refractivity contribution in [1.29, 1.82) is 0 Å². The fraction of sp³-hybridized carbons (Fsp3) is 0.318. The van der Waals surface area contributed by atoms with Gasteiger partial charge in [-0.15, -0.1) is 0 Å². The van der Waals surface area contributed by atoms with Gasteiger partial charge in [0.2, 0.25) is 0 Å². The summed E-state index contributed by atoms with van der Waals surface area (Å²) >= 11 is 5.97. The number of carbonyl (C=O) groups excluding carboxylic acids is 3. The zero-order chi connectivity index (χ0) is 24.0. The third kappa shape index (κ3) is 6.52. The van der Waals surface area contributed by atoms with E-state index in [1.54, 1.807) is 38.1 Å². The molecule has 2 rings (SSSR count). The summed E-state index contributed by atoms with van der Waals surface area (Å²) < 4.78 is 5.25. The molecule has 0 fully saturated rings. The quantitative estimate of drug-likeness (QED) is 0.349. The van der Waals surface area contributed by atoms with E-state index in [0.717, 1.165) is 11.6 Å². The van der Waals surface area contributed by atoms with Crippen LogP contribution >= 0.6 is 11.6 Å². The normalized spacial score (nSPS) is 12.6. The SMILES string of the molecule is Cc1ccc(C(=O)N[C@H](C(=O)OC(C)C(=O)Nc2ccc([N+](=O)[O-])cc2Cl)C(C)C)cc1. The molecule has 0 heterocycles. The van der Waals surface area contributed by atoms with Gasteiger partial charge < -0.3 is 15.4 Å². The number of hydrogen-bond donors (Lipinski definition) is 2. The van der Waals surface area contributed by atoms with Crippen molar-refractivity contribution in [3.8, 4) is 0 Å². The molecule has 2 amide bonds. The van der Waals surface area contributed by atoms with E-state index in [1.807, 2.05) is 6.92 Å². The van der Waals surface area contributed by atoms with E-state index in [0.29, 0.717) is 5.56 Å². The fourth-order valence-corrected chi connectivity index (χ4v) is 2.90. The Hall–Kier alpha value is -3.46. The average molecular weight is 462 g/mol. The summed E-state index contributed by atoms with van der Waals surface area (Å²) in [6, 6.07) is 9.47. The van der Waals surface area contributed by atoms with Crippen LogP contribution in [-0.2, 0) is 14.3 Å². The minimum atomic E-state index is -1.20. The first-order valence-corrected chi connectivity index (χ1v) is 10.2. The summed E-state index contributed by atoms with van der Waals surface area (Å²) in [5.74, 6) is -2.17. The summed E-state index contributed by atoms with van der Waals surface area (Å²) in [7, 11) is 0. The number of benzene rings is 2. The molecule has 0 aliphatic heterocycles. The smallest absolute Gasteiger partial charge is 0.329 e. The van der Waals surface area contributed by atoms with E-state index in [-0.39, 0.29) is 22.3 Å². The number of ether oxygens (including phenoxy) is 1. The van der Waals surface area contributed by atoms with Gasteiger partial charge in [-0.2, -0.15) is 0 Å². The second-order valence-electron chi connectivity index (χ2n) is 7.55. The van der Waals surface area contributed by atoms with E-state index in [2.05, 4.69) is 10.6 Å². The first-order chi connectivity index (χ1) is 15.0. The van der Waals surface area contributed by atoms with Gasteiger partial charge in [0.25, 0.3) is 17.5 Å². The number of aryl methyl sites for hydroxylation is 1. The zero-order valence-electron chi connectivity index (χ0n) is 18.0. The van der Waals surface area contributed by atoms with Crippen molar-refractivity contribution in [3.05, 3.63) is 68.7 Å². The molecule has 1 unspecified atom stereocenters. The molecule has 2 aromatic carbocycles. The molecule has 0 aliphatic rings. The monoisotopic (exact) mass is 461 g/mol. The number of nitro benzene ring substituents is 1. The molecule has 9 nitrogen and oxygen atoms in total. The Morgan fingerprint density at radius 3 is 2.22 bits per heavy atom. The topological polar surface area (TPSA) is 128 Å². The molecule has 170 valence electrons. The van der Waals surface area contributed by atoms with E-state index < -0.39 is 34.9 Å². The number of nitrogens with zero attached hydrogens (tertiary/aromatic N) is 1. The van der Waals surface area contributed by atoms with Gasteiger partial charge in [0.05, 0.1) is 15.6 Å². The van der Waals surface area contributed by atoms with Crippen molar-refractivity contribution in [2.75, 3.05) is 5.32 Å². The number of amides is 2. The molecular weight excluding hydrogens is 438 g/mol. The highest BCUT2D eigenvalue weighted by molar-refractivity contribution is 6.34. The summed E-state index contributed by atoms with van der Waals surface area (Å²) in [6.45, 7) is 6.74. The Morgan fingerprint density at radius 1 is 1.06 bits per heavy atom. The van der Waals surface area contributed by atoms with Crippen molar-refractivity contribution in [3.63, 3.8) is 0 Å². The third-order valence-corrected chi connectivity index (χ3v) is 4.92. The number of non-ortho nitro benzene ring substituents is 1. The second-order valence-corrected chi connectivity index (χ2v) is 7.96. The van der Waals surface area contributed by atoms with Crippen LogP contribution in [0.3, 0.4) is 0 Å². The molecular formula is C22H24ClN3O6. The van der Waals surface area contributed by atoms with Crippen LogP contribution in [0.15, 0.2) is 42.5 Å². The maximum absolute atomic E-state index is 12.6. The standard InChI is InChI=1S/C22H24ClN3O6/c1-12(2)19(25-21(28)15-7-5-13(3)6-8-15)22(29)32-14(4)20(27)24-18-10-9-16(26(30)31)11-17(18)23/h5-12,14,19H,1-4H3,(H,24,27)(H,25,28)/t14?,19-/m0/s1. The predicted octanol–water partition coefficient (Wildman–Crippen LogP) is 3.88. The molecule has 0 aliphatic carbocycles. The van der Waals surface area contributed by atoms with Crippen LogP contribution in [0.5, 0.6) is 0 Å². The lowest BCUT2D eigenvalue weighted by Crippen LogP contribution is -2.47. The van der Waals surface area contributed by atoms with Crippen LogP contribution in [0, 0.1) is 23.0 Å². The lowest BCUT2D eigenvalue weighted by Gasteiger charge is -2.23. The minimum Gasteiger partial charge on any atom is -0.451 e. The predicted molar refractivity (Wildman–Crippen MR) is 120 cm³/mol. The van der Waals surface area contributed by atoms with Crippen LogP contribution in [0.4, 0.5) is 11.4 Å². The number of nitro groups is 1. The van der Waals surface area contributed by atoms with Gasteiger partial charge in [-0.05, 0) is 38.0 Å². The second kappa shape index (κ2) is 10.7. The molecule has 32 heavy (non-hydrogen) atoms. The Morgan fingerprint density at radius 2 is 1.69 bits per heavy atom. The number of nitrogens with one attached hydrogen (secondary N) is 2. The number of halogens is 1. The van der Waals surface area contributed by atoms with Crippen molar-refractivity contribution in [1.82, 2.24) is 5.32 Å². The van der Waals surface area contributed by atoms with Crippen LogP contribution in [0.2, 0.25) is 5.02 Å². The van der Waals surface area contributed by atoms with Gasteiger partial charge in [-0.1, -0.05) is 43.1 Å². The first kappa shape index (κ1) is 24.8. The van der Waals surface area contributed by atoms with Gasteiger partial charge in [-0.3, -0.25) is 19.7 Å². The number of anilines is 1. The van der Waals surface area contributed by atoms with E-state index in [1.165, 1.54) is 19.1 Å². The van der Waals surface area contributed by atoms with Crippen LogP contribution in [0.25, 0.3) is 0 Å². The van der Waals surface area contributed by atoms with Crippen LogP contribution in [0.1, 0.15) is 36.7 Å². The summed E-state index contributed by atoms with van der Waals surface area (Å²) in [5.41, 5.74) is 1.30. The highest BCUT2D eigenvalue weighted by atomic mass is 35.5. The van der Waals surface area contributed by atoms with Crippen LogP contribution in [-0.4, -0.2) is 34.9 Å². The number of esters is 1. The van der Waals surface area contributed by atoms with Crippen molar-refractivity contribution < 1.29 is 24.0 Å². The Balaban J connectivity index is 2.02. The summed E-state index contributed by atoms with van der Waals surface area (Å²) in [6.07, 6.45) is -1.20. The van der Waals surface area contributed by atoms with Crippen molar-refractivity contribution in [2.45, 2.75) is 39.8 Å². The Labute approximate surface area is 190 Å². The van der Waals surface area contributed by atoms with Crippen molar-refractivity contribution >= 4 is 40.8 Å². The highest BCUT2D eigenvalue weighted by Crippen LogP contribution is 2.26. The molecule has 0 saturated heterocycles. The Bertz CT molecular complexity index is 1020. The maximum atomic E-state index is 12.6. The Kier molecular flexibility index (Phi) is 8.31. The molecule has 0 bridgehead atoms. The molecule has 0 aromatic heterocycles. The van der Waals surface area contributed by atoms with Gasteiger partial charge in [-0.25, -0.2) is 4.79 Å². The lowest BCUT2D eigenvalue weighted by molar-refractivity contribution is -0.384. The molecule has 0 radical (unpaired) electrons. The molecule has 0 spiro atoms. The van der Waals surface area contributed by atoms with Gasteiger partial charge in [0, 0.05) is 17.7 Å². The number of rotatable bonds is 8. The maximum Gasteiger partial charge on any atom is 0.329 e.